The molecule has 0 spiro atoms. The van der Waals surface area contributed by atoms with E-state index in [1.165, 1.54) is 24.2 Å². The number of hydrogen-bond acceptors (Lipinski definition) is 3. The van der Waals surface area contributed by atoms with E-state index in [1.54, 1.807) is 0 Å². The van der Waals surface area contributed by atoms with Crippen molar-refractivity contribution in [1.82, 2.24) is 4.90 Å². The summed E-state index contributed by atoms with van der Waals surface area (Å²) in [5, 5.41) is 8.70. The van der Waals surface area contributed by atoms with Gasteiger partial charge in [-0.3, -0.25) is 4.79 Å². The largest absolute Gasteiger partial charge is 0.395 e. The van der Waals surface area contributed by atoms with E-state index < -0.39 is 0 Å². The molecule has 0 unspecified atom stereocenters. The summed E-state index contributed by atoms with van der Waals surface area (Å²) in [6, 6.07) is 4.18. The number of aliphatic hydroxyl groups is 1. The van der Waals surface area contributed by atoms with E-state index in [1.807, 2.05) is 24.0 Å². The molecule has 1 aliphatic rings. The normalized spacial score (nSPS) is 14.9. The van der Waals surface area contributed by atoms with E-state index in [4.69, 9.17) is 5.11 Å². The molecule has 4 heteroatoms. The molecule has 0 bridgehead atoms. The molecule has 0 atom stereocenters. The van der Waals surface area contributed by atoms with Crippen LogP contribution >= 0.6 is 11.3 Å². The number of aliphatic hydroxyl groups excluding tert-OH is 1. The Labute approximate surface area is 124 Å². The van der Waals surface area contributed by atoms with Crippen LogP contribution in [0, 0.1) is 11.8 Å². The Kier molecular flexibility index (Phi) is 5.63. The second-order valence-corrected chi connectivity index (χ2v) is 6.05. The number of nitrogens with zero attached hydrogens (tertiary/aromatic N) is 1. The molecule has 2 rings (SSSR count). The fourth-order valence-corrected chi connectivity index (χ4v) is 3.49. The SMILES string of the molecule is CCN(C(=O)c1ccc(C#CCCO)s1)C1CCCC1. The highest BCUT2D eigenvalue weighted by molar-refractivity contribution is 7.14. The van der Waals surface area contributed by atoms with E-state index >= 15 is 0 Å². The summed E-state index contributed by atoms with van der Waals surface area (Å²) in [5.74, 6) is 6.01. The Bertz CT molecular complexity index is 506. The quantitative estimate of drug-likeness (QED) is 0.867. The molecule has 1 fully saturated rings. The van der Waals surface area contributed by atoms with Crippen molar-refractivity contribution < 1.29 is 9.90 Å². The van der Waals surface area contributed by atoms with Gasteiger partial charge in [-0.05, 0) is 31.9 Å². The minimum atomic E-state index is 0.0788. The molecular formula is C16H21NO2S. The summed E-state index contributed by atoms with van der Waals surface area (Å²) in [6.45, 7) is 2.90. The number of carbonyl (C=O) groups is 1. The number of hydrogen-bond donors (Lipinski definition) is 1. The van der Waals surface area contributed by atoms with Gasteiger partial charge in [0.05, 0.1) is 16.4 Å². The van der Waals surface area contributed by atoms with Crippen LogP contribution in [0.4, 0.5) is 0 Å². The summed E-state index contributed by atoms with van der Waals surface area (Å²) in [5.41, 5.74) is 0. The summed E-state index contributed by atoms with van der Waals surface area (Å²) in [4.78, 5) is 16.2. The number of amides is 1. The molecule has 108 valence electrons. The molecule has 0 aromatic carbocycles. The van der Waals surface area contributed by atoms with Gasteiger partial charge < -0.3 is 10.0 Å². The molecule has 1 aromatic rings. The summed E-state index contributed by atoms with van der Waals surface area (Å²) < 4.78 is 0. The first-order valence-electron chi connectivity index (χ1n) is 7.26. The number of rotatable bonds is 4. The van der Waals surface area contributed by atoms with Crippen LogP contribution in [0.5, 0.6) is 0 Å². The van der Waals surface area contributed by atoms with Gasteiger partial charge in [-0.1, -0.05) is 24.7 Å². The number of carbonyl (C=O) groups excluding carboxylic acids is 1. The molecule has 20 heavy (non-hydrogen) atoms. The minimum Gasteiger partial charge on any atom is -0.395 e. The Morgan fingerprint density at radius 3 is 2.85 bits per heavy atom. The third-order valence-electron chi connectivity index (χ3n) is 3.63. The van der Waals surface area contributed by atoms with Crippen LogP contribution in [0.1, 0.15) is 53.6 Å². The van der Waals surface area contributed by atoms with Crippen LogP contribution in [-0.4, -0.2) is 35.1 Å². The lowest BCUT2D eigenvalue weighted by Crippen LogP contribution is -2.38. The maximum atomic E-state index is 12.6. The minimum absolute atomic E-state index is 0.0788. The van der Waals surface area contributed by atoms with Gasteiger partial charge >= 0.3 is 0 Å². The van der Waals surface area contributed by atoms with E-state index in [0.717, 1.165) is 29.1 Å². The Morgan fingerprint density at radius 2 is 2.20 bits per heavy atom. The van der Waals surface area contributed by atoms with Crippen molar-refractivity contribution in [1.29, 1.82) is 0 Å². The van der Waals surface area contributed by atoms with E-state index in [2.05, 4.69) is 11.8 Å². The van der Waals surface area contributed by atoms with Crippen molar-refractivity contribution >= 4 is 17.2 Å². The maximum absolute atomic E-state index is 12.6. The highest BCUT2D eigenvalue weighted by Crippen LogP contribution is 2.26. The molecule has 3 nitrogen and oxygen atoms in total. The summed E-state index contributed by atoms with van der Waals surface area (Å²) in [7, 11) is 0. The summed E-state index contributed by atoms with van der Waals surface area (Å²) >= 11 is 1.45. The van der Waals surface area contributed by atoms with Crippen molar-refractivity contribution in [3.05, 3.63) is 21.9 Å². The van der Waals surface area contributed by atoms with E-state index in [9.17, 15) is 4.79 Å². The van der Waals surface area contributed by atoms with Gasteiger partial charge in [-0.15, -0.1) is 11.3 Å². The topological polar surface area (TPSA) is 40.5 Å². The van der Waals surface area contributed by atoms with Crippen molar-refractivity contribution in [2.75, 3.05) is 13.2 Å². The molecule has 1 amide bonds. The van der Waals surface area contributed by atoms with Crippen LogP contribution in [-0.2, 0) is 0 Å². The average Bonchev–Trinajstić information content (AvgIpc) is 3.11. The van der Waals surface area contributed by atoms with Crippen LogP contribution in [0.2, 0.25) is 0 Å². The molecule has 0 aliphatic heterocycles. The number of thiophene rings is 1. The predicted octanol–water partition coefficient (Wildman–Crippen LogP) is 2.89. The van der Waals surface area contributed by atoms with Crippen molar-refractivity contribution in [2.45, 2.75) is 45.1 Å². The van der Waals surface area contributed by atoms with Crippen LogP contribution < -0.4 is 0 Å². The second-order valence-electron chi connectivity index (χ2n) is 4.97. The second kappa shape index (κ2) is 7.47. The van der Waals surface area contributed by atoms with Gasteiger partial charge in [0.1, 0.15) is 0 Å². The molecule has 1 aromatic heterocycles. The first-order valence-corrected chi connectivity index (χ1v) is 8.08. The zero-order valence-electron chi connectivity index (χ0n) is 11.9. The Balaban J connectivity index is 2.06. The lowest BCUT2D eigenvalue weighted by Gasteiger charge is -2.27. The maximum Gasteiger partial charge on any atom is 0.264 e. The molecule has 0 radical (unpaired) electrons. The smallest absolute Gasteiger partial charge is 0.264 e. The first-order chi connectivity index (χ1) is 9.76. The predicted molar refractivity (Wildman–Crippen MR) is 81.9 cm³/mol. The molecule has 1 N–H and O–H groups in total. The standard InChI is InChI=1S/C16H21NO2S/c1-2-17(13-7-3-4-8-13)16(19)15-11-10-14(20-15)9-5-6-12-18/h10-11,13,18H,2-4,6-8,12H2,1H3. The molecule has 1 heterocycles. The van der Waals surface area contributed by atoms with Crippen LogP contribution in [0.3, 0.4) is 0 Å². The highest BCUT2D eigenvalue weighted by atomic mass is 32.1. The fraction of sp³-hybridized carbons (Fsp3) is 0.562. The van der Waals surface area contributed by atoms with Crippen LogP contribution in [0.25, 0.3) is 0 Å². The van der Waals surface area contributed by atoms with E-state index in [-0.39, 0.29) is 12.5 Å². The van der Waals surface area contributed by atoms with Gasteiger partial charge in [0.25, 0.3) is 5.91 Å². The molecule has 0 saturated heterocycles. The molecule has 1 saturated carbocycles. The van der Waals surface area contributed by atoms with Crippen molar-refractivity contribution in [2.24, 2.45) is 0 Å². The Morgan fingerprint density at radius 1 is 1.45 bits per heavy atom. The molecular weight excluding hydrogens is 270 g/mol. The van der Waals surface area contributed by atoms with Gasteiger partial charge in [0.15, 0.2) is 0 Å². The lowest BCUT2D eigenvalue weighted by molar-refractivity contribution is 0.0698. The zero-order chi connectivity index (χ0) is 14.4. The monoisotopic (exact) mass is 291 g/mol. The van der Waals surface area contributed by atoms with Crippen molar-refractivity contribution in [3.63, 3.8) is 0 Å². The highest BCUT2D eigenvalue weighted by Gasteiger charge is 2.26. The Hall–Kier alpha value is -1.31. The zero-order valence-corrected chi connectivity index (χ0v) is 12.7. The molecule has 1 aliphatic carbocycles. The van der Waals surface area contributed by atoms with Gasteiger partial charge in [0, 0.05) is 19.0 Å². The van der Waals surface area contributed by atoms with Gasteiger partial charge in [-0.25, -0.2) is 0 Å². The fourth-order valence-electron chi connectivity index (χ4n) is 2.65. The van der Waals surface area contributed by atoms with Crippen molar-refractivity contribution in [3.8, 4) is 11.8 Å². The summed E-state index contributed by atoms with van der Waals surface area (Å²) in [6.07, 6.45) is 5.21. The van der Waals surface area contributed by atoms with Gasteiger partial charge in [-0.2, -0.15) is 0 Å². The van der Waals surface area contributed by atoms with Crippen LogP contribution in [0.15, 0.2) is 12.1 Å². The average molecular weight is 291 g/mol. The lowest BCUT2D eigenvalue weighted by atomic mass is 10.2. The third kappa shape index (κ3) is 3.62. The third-order valence-corrected chi connectivity index (χ3v) is 4.62. The first kappa shape index (κ1) is 15.1. The van der Waals surface area contributed by atoms with Gasteiger partial charge in [0.2, 0.25) is 0 Å². The van der Waals surface area contributed by atoms with E-state index in [0.29, 0.717) is 12.5 Å².